The lowest BCUT2D eigenvalue weighted by Gasteiger charge is -2.13. The molecule has 1 rings (SSSR count). The second-order valence-electron chi connectivity index (χ2n) is 4.51. The van der Waals surface area contributed by atoms with Gasteiger partial charge >= 0.3 is 0 Å². The van der Waals surface area contributed by atoms with E-state index in [1.807, 2.05) is 0 Å². The number of methoxy groups -OCH3 is 1. The van der Waals surface area contributed by atoms with Crippen LogP contribution < -0.4 is 15.8 Å². The van der Waals surface area contributed by atoms with Gasteiger partial charge in [-0.1, -0.05) is 26.0 Å². The average Bonchev–Trinajstić information content (AvgIpc) is 2.34. The van der Waals surface area contributed by atoms with E-state index in [4.69, 9.17) is 10.5 Å². The first-order valence-electron chi connectivity index (χ1n) is 6.26. The van der Waals surface area contributed by atoms with Crippen LogP contribution in [0.3, 0.4) is 0 Å². The van der Waals surface area contributed by atoms with Crippen LogP contribution >= 0.6 is 0 Å². The van der Waals surface area contributed by atoms with Gasteiger partial charge in [-0.3, -0.25) is 0 Å². The van der Waals surface area contributed by atoms with Gasteiger partial charge in [-0.15, -0.1) is 0 Å². The molecule has 0 aliphatic heterocycles. The molecule has 3 N–H and O–H groups in total. The molecule has 0 radical (unpaired) electrons. The summed E-state index contributed by atoms with van der Waals surface area (Å²) in [6.45, 7) is 6.90. The summed E-state index contributed by atoms with van der Waals surface area (Å²) < 4.78 is 5.38. The van der Waals surface area contributed by atoms with Gasteiger partial charge in [0.25, 0.3) is 0 Å². The van der Waals surface area contributed by atoms with E-state index >= 15 is 0 Å². The van der Waals surface area contributed by atoms with E-state index < -0.39 is 0 Å². The Morgan fingerprint density at radius 2 is 2.06 bits per heavy atom. The molecule has 0 fully saturated rings. The molecule has 1 aromatic carbocycles. The molecule has 96 valence electrons. The van der Waals surface area contributed by atoms with Gasteiger partial charge in [-0.05, 0) is 36.1 Å². The SMILES string of the molecule is COc1ccc(C(C)C)cc1CCNCCN. The van der Waals surface area contributed by atoms with Gasteiger partial charge in [0.15, 0.2) is 0 Å². The lowest BCUT2D eigenvalue weighted by Crippen LogP contribution is -2.24. The molecule has 0 atom stereocenters. The molecule has 1 aromatic rings. The Kier molecular flexibility index (Phi) is 6.01. The Bertz CT molecular complexity index is 337. The van der Waals surface area contributed by atoms with E-state index in [1.165, 1.54) is 11.1 Å². The molecule has 0 amide bonds. The topological polar surface area (TPSA) is 47.3 Å². The van der Waals surface area contributed by atoms with Crippen LogP contribution in [0.5, 0.6) is 5.75 Å². The number of ether oxygens (including phenoxy) is 1. The van der Waals surface area contributed by atoms with Gasteiger partial charge < -0.3 is 15.8 Å². The second kappa shape index (κ2) is 7.30. The number of rotatable bonds is 7. The predicted octanol–water partition coefficient (Wildman–Crippen LogP) is 1.91. The first-order valence-corrected chi connectivity index (χ1v) is 6.26. The smallest absolute Gasteiger partial charge is 0.122 e. The third kappa shape index (κ3) is 4.36. The van der Waals surface area contributed by atoms with Crippen molar-refractivity contribution in [3.8, 4) is 5.75 Å². The molecule has 0 bridgehead atoms. The first kappa shape index (κ1) is 14.0. The number of hydrogen-bond donors (Lipinski definition) is 2. The maximum Gasteiger partial charge on any atom is 0.122 e. The molecule has 17 heavy (non-hydrogen) atoms. The zero-order valence-electron chi connectivity index (χ0n) is 11.1. The van der Waals surface area contributed by atoms with E-state index in [2.05, 4.69) is 37.4 Å². The highest BCUT2D eigenvalue weighted by Crippen LogP contribution is 2.24. The molecule has 0 aromatic heterocycles. The maximum absolute atomic E-state index is 5.44. The second-order valence-corrected chi connectivity index (χ2v) is 4.51. The fourth-order valence-corrected chi connectivity index (χ4v) is 1.80. The zero-order valence-corrected chi connectivity index (χ0v) is 11.1. The van der Waals surface area contributed by atoms with Crippen molar-refractivity contribution in [1.29, 1.82) is 0 Å². The molecule has 3 nitrogen and oxygen atoms in total. The largest absolute Gasteiger partial charge is 0.496 e. The summed E-state index contributed by atoms with van der Waals surface area (Å²) in [5.41, 5.74) is 8.07. The number of nitrogens with two attached hydrogens (primary N) is 1. The molecule has 0 heterocycles. The average molecular weight is 236 g/mol. The fourth-order valence-electron chi connectivity index (χ4n) is 1.80. The Hall–Kier alpha value is -1.06. The van der Waals surface area contributed by atoms with E-state index in [-0.39, 0.29) is 0 Å². The van der Waals surface area contributed by atoms with E-state index in [9.17, 15) is 0 Å². The monoisotopic (exact) mass is 236 g/mol. The third-order valence-electron chi connectivity index (χ3n) is 2.86. The quantitative estimate of drug-likeness (QED) is 0.711. The standard InChI is InChI=1S/C14H24N2O/c1-11(2)12-4-5-14(17-3)13(10-12)6-8-16-9-7-15/h4-5,10-11,16H,6-9,15H2,1-3H3. The summed E-state index contributed by atoms with van der Waals surface area (Å²) in [5, 5.41) is 3.30. The first-order chi connectivity index (χ1) is 8.19. The molecular weight excluding hydrogens is 212 g/mol. The van der Waals surface area contributed by atoms with Crippen molar-refractivity contribution >= 4 is 0 Å². The van der Waals surface area contributed by atoms with Crippen LogP contribution in [0.2, 0.25) is 0 Å². The summed E-state index contributed by atoms with van der Waals surface area (Å²) >= 11 is 0. The zero-order chi connectivity index (χ0) is 12.7. The van der Waals surface area contributed by atoms with Crippen molar-refractivity contribution in [1.82, 2.24) is 5.32 Å². The van der Waals surface area contributed by atoms with E-state index in [1.54, 1.807) is 7.11 Å². The minimum absolute atomic E-state index is 0.552. The summed E-state index contributed by atoms with van der Waals surface area (Å²) in [7, 11) is 1.72. The summed E-state index contributed by atoms with van der Waals surface area (Å²) in [5.74, 6) is 1.53. The van der Waals surface area contributed by atoms with Gasteiger partial charge in [0.1, 0.15) is 5.75 Å². The van der Waals surface area contributed by atoms with Gasteiger partial charge in [0.2, 0.25) is 0 Å². The summed E-state index contributed by atoms with van der Waals surface area (Å²) in [6, 6.07) is 6.45. The Balaban J connectivity index is 2.69. The van der Waals surface area contributed by atoms with Crippen LogP contribution in [0.15, 0.2) is 18.2 Å². The normalized spacial score (nSPS) is 10.9. The van der Waals surface area contributed by atoms with Crippen molar-refractivity contribution in [2.45, 2.75) is 26.2 Å². The van der Waals surface area contributed by atoms with Crippen LogP contribution in [0, 0.1) is 0 Å². The van der Waals surface area contributed by atoms with Gasteiger partial charge in [0, 0.05) is 13.1 Å². The molecular formula is C14H24N2O. The minimum Gasteiger partial charge on any atom is -0.496 e. The molecule has 0 unspecified atom stereocenters. The van der Waals surface area contributed by atoms with Crippen LogP contribution in [0.25, 0.3) is 0 Å². The van der Waals surface area contributed by atoms with Crippen molar-refractivity contribution < 1.29 is 4.74 Å². The van der Waals surface area contributed by atoms with Crippen LogP contribution in [-0.4, -0.2) is 26.7 Å². The lowest BCUT2D eigenvalue weighted by molar-refractivity contribution is 0.409. The van der Waals surface area contributed by atoms with Crippen LogP contribution in [0.4, 0.5) is 0 Å². The Morgan fingerprint density at radius 1 is 1.29 bits per heavy atom. The highest BCUT2D eigenvalue weighted by molar-refractivity contribution is 5.38. The fraction of sp³-hybridized carbons (Fsp3) is 0.571. The predicted molar refractivity (Wildman–Crippen MR) is 72.7 cm³/mol. The third-order valence-corrected chi connectivity index (χ3v) is 2.86. The van der Waals surface area contributed by atoms with Gasteiger partial charge in [-0.25, -0.2) is 0 Å². The maximum atomic E-state index is 5.44. The Morgan fingerprint density at radius 3 is 2.65 bits per heavy atom. The van der Waals surface area contributed by atoms with E-state index in [0.717, 1.165) is 25.3 Å². The number of benzene rings is 1. The van der Waals surface area contributed by atoms with Crippen LogP contribution in [-0.2, 0) is 6.42 Å². The molecule has 3 heteroatoms. The van der Waals surface area contributed by atoms with E-state index in [0.29, 0.717) is 12.5 Å². The van der Waals surface area contributed by atoms with Crippen molar-refractivity contribution in [3.63, 3.8) is 0 Å². The van der Waals surface area contributed by atoms with Crippen molar-refractivity contribution in [3.05, 3.63) is 29.3 Å². The Labute approximate surface area is 104 Å². The van der Waals surface area contributed by atoms with Gasteiger partial charge in [-0.2, -0.15) is 0 Å². The lowest BCUT2D eigenvalue weighted by atomic mass is 9.99. The molecule has 0 aliphatic rings. The highest BCUT2D eigenvalue weighted by atomic mass is 16.5. The highest BCUT2D eigenvalue weighted by Gasteiger charge is 2.06. The van der Waals surface area contributed by atoms with Crippen molar-refractivity contribution in [2.24, 2.45) is 5.73 Å². The molecule has 0 spiro atoms. The summed E-state index contributed by atoms with van der Waals surface area (Å²) in [6.07, 6.45) is 0.976. The number of hydrogen-bond acceptors (Lipinski definition) is 3. The molecule has 0 saturated heterocycles. The van der Waals surface area contributed by atoms with Gasteiger partial charge in [0.05, 0.1) is 7.11 Å². The minimum atomic E-state index is 0.552. The molecule has 0 aliphatic carbocycles. The van der Waals surface area contributed by atoms with Crippen molar-refractivity contribution in [2.75, 3.05) is 26.7 Å². The summed E-state index contributed by atoms with van der Waals surface area (Å²) in [4.78, 5) is 0. The number of nitrogens with one attached hydrogen (secondary N) is 1. The molecule has 0 saturated carbocycles. The van der Waals surface area contributed by atoms with Crippen LogP contribution in [0.1, 0.15) is 30.9 Å².